The van der Waals surface area contributed by atoms with Crippen LogP contribution in [0.2, 0.25) is 0 Å². The third-order valence-electron chi connectivity index (χ3n) is 12.3. The van der Waals surface area contributed by atoms with Gasteiger partial charge in [-0.2, -0.15) is 0 Å². The summed E-state index contributed by atoms with van der Waals surface area (Å²) in [5.41, 5.74) is 3.74. The number of aliphatic hydroxyl groups excluding tert-OH is 2. The van der Waals surface area contributed by atoms with Crippen molar-refractivity contribution < 1.29 is 38.6 Å². The fourth-order valence-electron chi connectivity index (χ4n) is 9.17. The largest absolute Gasteiger partial charge is 0.491 e. The van der Waals surface area contributed by atoms with E-state index in [1.165, 1.54) is 9.79 Å². The van der Waals surface area contributed by atoms with Crippen LogP contribution in [0.15, 0.2) is 202 Å². The fraction of sp³-hybridized carbons (Fsp3) is 0.133. The molecule has 10 aromatic carbocycles. The van der Waals surface area contributed by atoms with Gasteiger partial charge in [0.05, 0.1) is 13.2 Å². The van der Waals surface area contributed by atoms with Gasteiger partial charge >= 0.3 is 0 Å². The van der Waals surface area contributed by atoms with Crippen molar-refractivity contribution in [2.45, 2.75) is 19.6 Å². The molecule has 2 N–H and O–H groups in total. The highest BCUT2D eigenvalue weighted by Crippen LogP contribution is 2.51. The average Bonchev–Trinajstić information content (AvgIpc) is 3.41. The first kappa shape index (κ1) is 45.1. The molecule has 0 radical (unpaired) electrons. The number of aliphatic hydroxyl groups is 2. The summed E-state index contributed by atoms with van der Waals surface area (Å²) in [4.78, 5) is 4.56. The molecule has 1 heterocycles. The van der Waals surface area contributed by atoms with Crippen molar-refractivity contribution in [3.8, 4) is 56.8 Å². The highest BCUT2D eigenvalue weighted by Gasteiger charge is 2.22. The van der Waals surface area contributed by atoms with E-state index in [0.29, 0.717) is 37.9 Å². The van der Waals surface area contributed by atoms with Crippen LogP contribution < -0.4 is 28.4 Å². The minimum absolute atomic E-state index is 0.0874. The molecule has 348 valence electrons. The molecule has 8 nitrogen and oxygen atoms in total. The zero-order valence-electron chi connectivity index (χ0n) is 38.1. The van der Waals surface area contributed by atoms with Crippen molar-refractivity contribution in [3.05, 3.63) is 182 Å². The number of fused-ring (bicyclic) bond motifs is 6. The second kappa shape index (κ2) is 20.7. The second-order valence-electron chi connectivity index (χ2n) is 16.6. The maximum absolute atomic E-state index is 9.67. The zero-order valence-corrected chi connectivity index (χ0v) is 39.8. The predicted octanol–water partition coefficient (Wildman–Crippen LogP) is 13.9. The molecule has 0 amide bonds. The first-order valence-electron chi connectivity index (χ1n) is 23.3. The van der Waals surface area contributed by atoms with E-state index in [1.807, 2.05) is 97.1 Å². The lowest BCUT2D eigenvalue weighted by atomic mass is 9.92. The van der Waals surface area contributed by atoms with Crippen LogP contribution in [0.25, 0.3) is 65.3 Å². The number of ether oxygens (including phenoxy) is 6. The summed E-state index contributed by atoms with van der Waals surface area (Å²) < 4.78 is 38.1. The monoisotopic (exact) mass is 960 g/mol. The molecule has 1 aliphatic rings. The van der Waals surface area contributed by atoms with Crippen molar-refractivity contribution in [2.75, 3.05) is 52.9 Å². The molecule has 11 rings (SSSR count). The van der Waals surface area contributed by atoms with Crippen LogP contribution in [0.5, 0.6) is 34.5 Å². The molecule has 0 unspecified atom stereocenters. The lowest BCUT2D eigenvalue weighted by molar-refractivity contribution is 0.202. The SMILES string of the molecule is OCCOc1ccc2ccccc2c1-c1c(OCCOc2ccc3c(c2)Sc2cc(OCCOc4ccc5ccccc5c4-c4c(OCCO)ccc5ccccc45)ccc2S3)ccc2ccccc12. The number of rotatable bonds is 18. The van der Waals surface area contributed by atoms with E-state index in [4.69, 9.17) is 28.4 Å². The molecule has 1 aliphatic heterocycles. The van der Waals surface area contributed by atoms with Gasteiger partial charge in [0.2, 0.25) is 0 Å². The Kier molecular flexibility index (Phi) is 13.4. The maximum Gasteiger partial charge on any atom is 0.128 e. The lowest BCUT2D eigenvalue weighted by Gasteiger charge is -2.21. The first-order chi connectivity index (χ1) is 34.6. The molecule has 0 fully saturated rings. The molecule has 0 aliphatic carbocycles. The Balaban J connectivity index is 0.764. The summed E-state index contributed by atoms with van der Waals surface area (Å²) in [5, 5.41) is 27.9. The summed E-state index contributed by atoms with van der Waals surface area (Å²) in [6.45, 7) is 1.51. The van der Waals surface area contributed by atoms with Gasteiger partial charge in [0.1, 0.15) is 74.1 Å². The minimum Gasteiger partial charge on any atom is -0.491 e. The van der Waals surface area contributed by atoms with E-state index in [2.05, 4.69) is 84.9 Å². The second-order valence-corrected chi connectivity index (χ2v) is 18.8. The van der Waals surface area contributed by atoms with Gasteiger partial charge in [-0.05, 0) is 104 Å². The van der Waals surface area contributed by atoms with Crippen LogP contribution in [0.4, 0.5) is 0 Å². The van der Waals surface area contributed by atoms with Gasteiger partial charge < -0.3 is 38.6 Å². The van der Waals surface area contributed by atoms with E-state index in [0.717, 1.165) is 98.1 Å². The van der Waals surface area contributed by atoms with E-state index in [9.17, 15) is 10.2 Å². The zero-order chi connectivity index (χ0) is 47.2. The molecular formula is C60H48O8S2. The van der Waals surface area contributed by atoms with Crippen LogP contribution in [0, 0.1) is 0 Å². The fourth-order valence-corrected chi connectivity index (χ4v) is 11.4. The summed E-state index contributed by atoms with van der Waals surface area (Å²) in [6, 6.07) is 61.8. The summed E-state index contributed by atoms with van der Waals surface area (Å²) in [5.74, 6) is 4.36. The maximum atomic E-state index is 9.67. The van der Waals surface area contributed by atoms with Gasteiger partial charge in [0.25, 0.3) is 0 Å². The molecule has 10 aromatic rings. The van der Waals surface area contributed by atoms with Gasteiger partial charge in [0, 0.05) is 41.8 Å². The Hall–Kier alpha value is -7.34. The molecule has 0 saturated carbocycles. The molecule has 0 bridgehead atoms. The lowest BCUT2D eigenvalue weighted by Crippen LogP contribution is -2.10. The molecular weight excluding hydrogens is 913 g/mol. The Bertz CT molecular complexity index is 3290. The van der Waals surface area contributed by atoms with Crippen LogP contribution in [0.3, 0.4) is 0 Å². The third-order valence-corrected chi connectivity index (χ3v) is 14.8. The molecule has 10 heteroatoms. The predicted molar refractivity (Wildman–Crippen MR) is 282 cm³/mol. The van der Waals surface area contributed by atoms with Gasteiger partial charge in [-0.3, -0.25) is 0 Å². The van der Waals surface area contributed by atoms with Crippen molar-refractivity contribution in [1.29, 1.82) is 0 Å². The number of hydrogen-bond donors (Lipinski definition) is 2. The Labute approximate surface area is 414 Å². The summed E-state index contributed by atoms with van der Waals surface area (Å²) in [7, 11) is 0. The normalized spacial score (nSPS) is 11.9. The van der Waals surface area contributed by atoms with Crippen molar-refractivity contribution >= 4 is 66.6 Å². The molecule has 0 aromatic heterocycles. The summed E-state index contributed by atoms with van der Waals surface area (Å²) >= 11 is 3.44. The third kappa shape index (κ3) is 9.26. The van der Waals surface area contributed by atoms with E-state index < -0.39 is 0 Å². The highest BCUT2D eigenvalue weighted by molar-refractivity contribution is 8.05. The molecule has 0 spiro atoms. The minimum atomic E-state index is -0.0874. The summed E-state index contributed by atoms with van der Waals surface area (Å²) in [6.07, 6.45) is 0. The first-order valence-corrected chi connectivity index (χ1v) is 25.0. The van der Waals surface area contributed by atoms with Crippen LogP contribution in [-0.4, -0.2) is 63.1 Å². The van der Waals surface area contributed by atoms with E-state index >= 15 is 0 Å². The van der Waals surface area contributed by atoms with Crippen molar-refractivity contribution in [1.82, 2.24) is 0 Å². The quantitative estimate of drug-likeness (QED) is 0.0810. The van der Waals surface area contributed by atoms with Gasteiger partial charge in [-0.1, -0.05) is 145 Å². The van der Waals surface area contributed by atoms with Crippen molar-refractivity contribution in [3.63, 3.8) is 0 Å². The van der Waals surface area contributed by atoms with Gasteiger partial charge in [0.15, 0.2) is 0 Å². The molecule has 70 heavy (non-hydrogen) atoms. The molecule has 0 atom stereocenters. The van der Waals surface area contributed by atoms with Crippen LogP contribution in [0.1, 0.15) is 0 Å². The Morgan fingerprint density at radius 1 is 0.286 bits per heavy atom. The van der Waals surface area contributed by atoms with E-state index in [1.54, 1.807) is 23.5 Å². The van der Waals surface area contributed by atoms with Crippen LogP contribution in [-0.2, 0) is 0 Å². The van der Waals surface area contributed by atoms with Crippen LogP contribution >= 0.6 is 23.5 Å². The standard InChI is InChI=1S/C60H48O8S2/c61-29-31-65-49-23-17-39-9-1-5-13-45(39)57(49)59-47-15-7-3-11-41(47)19-25-51(59)67-35-33-63-43-21-27-53-55(37-43)70-56-38-44(22-28-54(56)69-53)64-34-36-68-52-26-20-42-12-4-8-16-48(42)60(52)58-46-14-6-2-10-40(46)18-24-50(58)66-32-30-62/h1-28,37-38,61-62H,29-36H2. The van der Waals surface area contributed by atoms with Gasteiger partial charge in [-0.25, -0.2) is 0 Å². The smallest absolute Gasteiger partial charge is 0.128 e. The number of benzene rings is 10. The number of hydrogen-bond acceptors (Lipinski definition) is 10. The van der Waals surface area contributed by atoms with E-state index in [-0.39, 0.29) is 26.4 Å². The topological polar surface area (TPSA) is 95.8 Å². The Morgan fingerprint density at radius 3 is 0.929 bits per heavy atom. The molecule has 0 saturated heterocycles. The van der Waals surface area contributed by atoms with Gasteiger partial charge in [-0.15, -0.1) is 0 Å². The van der Waals surface area contributed by atoms with Crippen molar-refractivity contribution in [2.24, 2.45) is 0 Å². The highest BCUT2D eigenvalue weighted by atomic mass is 32.2. The average molecular weight is 961 g/mol. The Morgan fingerprint density at radius 2 is 0.586 bits per heavy atom.